The second-order valence-corrected chi connectivity index (χ2v) is 4.22. The number of rotatable bonds is 1. The van der Waals surface area contributed by atoms with Crippen molar-refractivity contribution >= 4 is 17.4 Å². The van der Waals surface area contributed by atoms with Gasteiger partial charge in [0, 0.05) is 31.4 Å². The molecule has 0 aromatic heterocycles. The molecule has 4 heteroatoms. The van der Waals surface area contributed by atoms with Crippen LogP contribution < -0.4 is 5.32 Å². The van der Waals surface area contributed by atoms with Gasteiger partial charge in [-0.3, -0.25) is 9.59 Å². The Hall–Kier alpha value is -2.10. The van der Waals surface area contributed by atoms with Crippen molar-refractivity contribution in [1.82, 2.24) is 4.90 Å². The van der Waals surface area contributed by atoms with E-state index in [2.05, 4.69) is 5.32 Å². The number of Topliss-reactive ketones (excluding diaryl/α,β-unsaturated/α-hetero) is 1. The molecule has 0 saturated carbocycles. The SMILES string of the molecule is CN(C)/C=C1/CC(=O)Nc2ccccc2C1=O. The maximum Gasteiger partial charge on any atom is 0.229 e. The van der Waals surface area contributed by atoms with Gasteiger partial charge in [-0.2, -0.15) is 0 Å². The minimum absolute atomic E-state index is 0.0901. The van der Waals surface area contributed by atoms with E-state index in [0.717, 1.165) is 0 Å². The van der Waals surface area contributed by atoms with Gasteiger partial charge in [-0.1, -0.05) is 12.1 Å². The molecule has 0 fully saturated rings. The van der Waals surface area contributed by atoms with Gasteiger partial charge in [-0.05, 0) is 12.1 Å². The molecule has 0 saturated heterocycles. The molecule has 1 aliphatic rings. The van der Waals surface area contributed by atoms with Crippen LogP contribution in [0.4, 0.5) is 5.69 Å². The monoisotopic (exact) mass is 230 g/mol. The van der Waals surface area contributed by atoms with Crippen molar-refractivity contribution < 1.29 is 9.59 Å². The predicted molar refractivity (Wildman–Crippen MR) is 65.8 cm³/mol. The van der Waals surface area contributed by atoms with Gasteiger partial charge in [-0.25, -0.2) is 0 Å². The summed E-state index contributed by atoms with van der Waals surface area (Å²) in [4.78, 5) is 25.7. The zero-order chi connectivity index (χ0) is 12.4. The number of ketones is 1. The highest BCUT2D eigenvalue weighted by atomic mass is 16.2. The van der Waals surface area contributed by atoms with E-state index in [0.29, 0.717) is 16.8 Å². The summed E-state index contributed by atoms with van der Waals surface area (Å²) in [6.07, 6.45) is 1.82. The van der Waals surface area contributed by atoms with Crippen LogP contribution in [0.15, 0.2) is 36.0 Å². The number of para-hydroxylation sites is 1. The van der Waals surface area contributed by atoms with Crippen molar-refractivity contribution in [1.29, 1.82) is 0 Å². The number of nitrogens with zero attached hydrogens (tertiary/aromatic N) is 1. The number of hydrogen-bond acceptors (Lipinski definition) is 3. The molecule has 0 spiro atoms. The predicted octanol–water partition coefficient (Wildman–Crippen LogP) is 1.66. The van der Waals surface area contributed by atoms with Crippen LogP contribution in [-0.4, -0.2) is 30.7 Å². The maximum absolute atomic E-state index is 12.2. The van der Waals surface area contributed by atoms with Crippen molar-refractivity contribution in [2.75, 3.05) is 19.4 Å². The maximum atomic E-state index is 12.2. The van der Waals surface area contributed by atoms with E-state index in [1.807, 2.05) is 14.1 Å². The lowest BCUT2D eigenvalue weighted by molar-refractivity contribution is -0.115. The smallest absolute Gasteiger partial charge is 0.229 e. The van der Waals surface area contributed by atoms with E-state index in [4.69, 9.17) is 0 Å². The summed E-state index contributed by atoms with van der Waals surface area (Å²) >= 11 is 0. The van der Waals surface area contributed by atoms with Gasteiger partial charge in [0.25, 0.3) is 0 Å². The van der Waals surface area contributed by atoms with Gasteiger partial charge < -0.3 is 10.2 Å². The Labute approximate surface area is 99.9 Å². The molecule has 1 heterocycles. The molecule has 0 bridgehead atoms. The first-order valence-electron chi connectivity index (χ1n) is 5.38. The lowest BCUT2D eigenvalue weighted by Crippen LogP contribution is -2.12. The highest BCUT2D eigenvalue weighted by molar-refractivity contribution is 6.18. The fourth-order valence-corrected chi connectivity index (χ4v) is 1.83. The minimum Gasteiger partial charge on any atom is -0.383 e. The number of nitrogens with one attached hydrogen (secondary N) is 1. The highest BCUT2D eigenvalue weighted by Crippen LogP contribution is 2.24. The van der Waals surface area contributed by atoms with E-state index in [1.54, 1.807) is 35.4 Å². The van der Waals surface area contributed by atoms with Crippen LogP contribution in [0.2, 0.25) is 0 Å². The number of anilines is 1. The first-order valence-corrected chi connectivity index (χ1v) is 5.38. The zero-order valence-corrected chi connectivity index (χ0v) is 9.86. The molecule has 1 N–H and O–H groups in total. The third kappa shape index (κ3) is 2.36. The van der Waals surface area contributed by atoms with Gasteiger partial charge in [-0.15, -0.1) is 0 Å². The van der Waals surface area contributed by atoms with E-state index in [1.165, 1.54) is 0 Å². The Balaban J connectivity index is 2.50. The van der Waals surface area contributed by atoms with Crippen LogP contribution in [0, 0.1) is 0 Å². The Bertz CT molecular complexity index is 504. The van der Waals surface area contributed by atoms with Crippen molar-refractivity contribution in [3.05, 3.63) is 41.6 Å². The lowest BCUT2D eigenvalue weighted by atomic mass is 10.0. The quantitative estimate of drug-likeness (QED) is 0.746. The van der Waals surface area contributed by atoms with Crippen LogP contribution in [0.3, 0.4) is 0 Å². The first-order chi connectivity index (χ1) is 8.08. The third-order valence-corrected chi connectivity index (χ3v) is 2.50. The second kappa shape index (κ2) is 4.41. The van der Waals surface area contributed by atoms with Crippen molar-refractivity contribution in [3.63, 3.8) is 0 Å². The lowest BCUT2D eigenvalue weighted by Gasteiger charge is -2.08. The first kappa shape index (κ1) is 11.4. The average Bonchev–Trinajstić information content (AvgIpc) is 2.37. The summed E-state index contributed by atoms with van der Waals surface area (Å²) in [5.41, 5.74) is 1.65. The average molecular weight is 230 g/mol. The van der Waals surface area contributed by atoms with Gasteiger partial charge in [0.2, 0.25) is 5.91 Å². The summed E-state index contributed by atoms with van der Waals surface area (Å²) in [6.45, 7) is 0. The molecule has 88 valence electrons. The van der Waals surface area contributed by atoms with Crippen molar-refractivity contribution in [3.8, 4) is 0 Å². The fourth-order valence-electron chi connectivity index (χ4n) is 1.83. The molecule has 17 heavy (non-hydrogen) atoms. The van der Waals surface area contributed by atoms with Crippen LogP contribution in [0.5, 0.6) is 0 Å². The van der Waals surface area contributed by atoms with E-state index in [9.17, 15) is 9.59 Å². The Morgan fingerprint density at radius 2 is 1.94 bits per heavy atom. The molecule has 4 nitrogen and oxygen atoms in total. The second-order valence-electron chi connectivity index (χ2n) is 4.22. The summed E-state index contributed by atoms with van der Waals surface area (Å²) in [5.74, 6) is -0.246. The van der Waals surface area contributed by atoms with Crippen LogP contribution >= 0.6 is 0 Å². The molecule has 0 unspecified atom stereocenters. The van der Waals surface area contributed by atoms with E-state index >= 15 is 0 Å². The molecule has 1 amide bonds. The molecule has 0 aliphatic carbocycles. The van der Waals surface area contributed by atoms with Crippen LogP contribution in [0.1, 0.15) is 16.8 Å². The zero-order valence-electron chi connectivity index (χ0n) is 9.86. The molecule has 1 aliphatic heterocycles. The van der Waals surface area contributed by atoms with Gasteiger partial charge in [0.05, 0.1) is 12.1 Å². The molecular weight excluding hydrogens is 216 g/mol. The number of hydrogen-bond donors (Lipinski definition) is 1. The summed E-state index contributed by atoms with van der Waals surface area (Å²) in [5, 5.41) is 2.74. The highest BCUT2D eigenvalue weighted by Gasteiger charge is 2.23. The molecule has 0 radical (unpaired) electrons. The Morgan fingerprint density at radius 1 is 1.24 bits per heavy atom. The fraction of sp³-hybridized carbons (Fsp3) is 0.231. The van der Waals surface area contributed by atoms with Crippen LogP contribution in [0.25, 0.3) is 0 Å². The van der Waals surface area contributed by atoms with Gasteiger partial charge >= 0.3 is 0 Å². The summed E-state index contributed by atoms with van der Waals surface area (Å²) in [6, 6.07) is 7.06. The molecule has 1 aromatic carbocycles. The van der Waals surface area contributed by atoms with Gasteiger partial charge in [0.1, 0.15) is 0 Å². The Kier molecular flexibility index (Phi) is 2.95. The van der Waals surface area contributed by atoms with Crippen LogP contribution in [-0.2, 0) is 4.79 Å². The van der Waals surface area contributed by atoms with E-state index in [-0.39, 0.29) is 18.1 Å². The number of carbonyl (C=O) groups is 2. The minimum atomic E-state index is -0.156. The molecule has 1 aromatic rings. The largest absolute Gasteiger partial charge is 0.383 e. The number of benzene rings is 1. The normalized spacial score (nSPS) is 17.4. The summed E-state index contributed by atoms with van der Waals surface area (Å²) in [7, 11) is 3.66. The Morgan fingerprint density at radius 3 is 2.65 bits per heavy atom. The molecule has 0 atom stereocenters. The number of fused-ring (bicyclic) bond motifs is 1. The molecule has 2 rings (SSSR count). The van der Waals surface area contributed by atoms with Gasteiger partial charge in [0.15, 0.2) is 5.78 Å². The summed E-state index contributed by atoms with van der Waals surface area (Å²) < 4.78 is 0. The number of carbonyl (C=O) groups excluding carboxylic acids is 2. The van der Waals surface area contributed by atoms with E-state index < -0.39 is 0 Å². The standard InChI is InChI=1S/C13H14N2O2/c1-15(2)8-9-7-12(16)14-11-6-4-3-5-10(11)13(9)17/h3-6,8H,7H2,1-2H3,(H,14,16)/b9-8-. The van der Waals surface area contributed by atoms with Crippen molar-refractivity contribution in [2.24, 2.45) is 0 Å². The number of amides is 1. The third-order valence-electron chi connectivity index (χ3n) is 2.50. The van der Waals surface area contributed by atoms with Crippen molar-refractivity contribution in [2.45, 2.75) is 6.42 Å². The topological polar surface area (TPSA) is 49.4 Å². The molecular formula is C13H14N2O2.